The lowest BCUT2D eigenvalue weighted by molar-refractivity contribution is -0.131. The minimum absolute atomic E-state index is 0.0446. The standard InChI is InChI=1S/C11H11FO4/c1-15-8-5-3-7(4-6-9(13)14)11(16-2)10(8)12/h3-6H,1-2H3,(H,13,14)/b6-4+. The van der Waals surface area contributed by atoms with E-state index in [1.54, 1.807) is 0 Å². The second kappa shape index (κ2) is 5.16. The number of rotatable bonds is 4. The average molecular weight is 226 g/mol. The molecule has 0 aliphatic carbocycles. The second-order valence-corrected chi connectivity index (χ2v) is 2.88. The molecule has 0 bridgehead atoms. The van der Waals surface area contributed by atoms with Gasteiger partial charge in [0.05, 0.1) is 14.2 Å². The Kier molecular flexibility index (Phi) is 3.88. The van der Waals surface area contributed by atoms with Gasteiger partial charge in [0.1, 0.15) is 0 Å². The third-order valence-electron chi connectivity index (χ3n) is 1.92. The molecule has 0 atom stereocenters. The highest BCUT2D eigenvalue weighted by Gasteiger charge is 2.12. The van der Waals surface area contributed by atoms with E-state index in [0.29, 0.717) is 5.56 Å². The lowest BCUT2D eigenvalue weighted by Crippen LogP contribution is -1.96. The van der Waals surface area contributed by atoms with Crippen LogP contribution >= 0.6 is 0 Å². The molecule has 5 heteroatoms. The zero-order chi connectivity index (χ0) is 12.1. The minimum atomic E-state index is -1.11. The summed E-state index contributed by atoms with van der Waals surface area (Å²) < 4.78 is 23.3. The van der Waals surface area contributed by atoms with E-state index < -0.39 is 11.8 Å². The number of hydrogen-bond acceptors (Lipinski definition) is 3. The number of aliphatic carboxylic acids is 1. The Morgan fingerprint density at radius 1 is 1.38 bits per heavy atom. The molecule has 0 aliphatic heterocycles. The van der Waals surface area contributed by atoms with Crippen LogP contribution in [0.1, 0.15) is 5.56 Å². The smallest absolute Gasteiger partial charge is 0.328 e. The molecule has 16 heavy (non-hydrogen) atoms. The molecule has 0 amide bonds. The highest BCUT2D eigenvalue weighted by atomic mass is 19.1. The summed E-state index contributed by atoms with van der Waals surface area (Å²) in [6.07, 6.45) is 2.16. The number of carbonyl (C=O) groups is 1. The first kappa shape index (κ1) is 12.0. The summed E-state index contributed by atoms with van der Waals surface area (Å²) in [4.78, 5) is 10.3. The van der Waals surface area contributed by atoms with Gasteiger partial charge in [0.25, 0.3) is 0 Å². The van der Waals surface area contributed by atoms with Crippen LogP contribution in [0.5, 0.6) is 11.5 Å². The largest absolute Gasteiger partial charge is 0.494 e. The van der Waals surface area contributed by atoms with E-state index in [0.717, 1.165) is 6.08 Å². The number of halogens is 1. The van der Waals surface area contributed by atoms with Gasteiger partial charge in [-0.25, -0.2) is 4.79 Å². The topological polar surface area (TPSA) is 55.8 Å². The first-order valence-corrected chi connectivity index (χ1v) is 4.41. The predicted molar refractivity (Wildman–Crippen MR) is 56.2 cm³/mol. The van der Waals surface area contributed by atoms with Gasteiger partial charge in [0, 0.05) is 11.6 Å². The molecule has 0 saturated heterocycles. The van der Waals surface area contributed by atoms with Gasteiger partial charge in [-0.05, 0) is 18.2 Å². The van der Waals surface area contributed by atoms with Crippen molar-refractivity contribution in [2.24, 2.45) is 0 Å². The molecule has 4 nitrogen and oxygen atoms in total. The second-order valence-electron chi connectivity index (χ2n) is 2.88. The summed E-state index contributed by atoms with van der Waals surface area (Å²) in [6.45, 7) is 0. The molecule has 1 N–H and O–H groups in total. The van der Waals surface area contributed by atoms with E-state index in [2.05, 4.69) is 0 Å². The van der Waals surface area contributed by atoms with Gasteiger partial charge < -0.3 is 14.6 Å². The molecular weight excluding hydrogens is 215 g/mol. The van der Waals surface area contributed by atoms with Crippen molar-refractivity contribution >= 4 is 12.0 Å². The fraction of sp³-hybridized carbons (Fsp3) is 0.182. The number of benzene rings is 1. The lowest BCUT2D eigenvalue weighted by Gasteiger charge is -2.09. The molecule has 1 aromatic rings. The van der Waals surface area contributed by atoms with Crippen molar-refractivity contribution < 1.29 is 23.8 Å². The Labute approximate surface area is 91.9 Å². The van der Waals surface area contributed by atoms with Crippen molar-refractivity contribution in [1.29, 1.82) is 0 Å². The Morgan fingerprint density at radius 3 is 2.56 bits per heavy atom. The molecule has 0 saturated carbocycles. The van der Waals surface area contributed by atoms with Gasteiger partial charge in [0.15, 0.2) is 11.5 Å². The van der Waals surface area contributed by atoms with E-state index in [1.807, 2.05) is 0 Å². The minimum Gasteiger partial charge on any atom is -0.494 e. The summed E-state index contributed by atoms with van der Waals surface area (Å²) in [5.41, 5.74) is 0.336. The molecule has 0 fully saturated rings. The fourth-order valence-electron chi connectivity index (χ4n) is 1.21. The molecule has 0 aromatic heterocycles. The van der Waals surface area contributed by atoms with Crippen LogP contribution in [-0.4, -0.2) is 25.3 Å². The molecular formula is C11H11FO4. The summed E-state index contributed by atoms with van der Waals surface area (Å²) in [5, 5.41) is 8.46. The molecule has 1 aromatic carbocycles. The van der Waals surface area contributed by atoms with Crippen LogP contribution in [0.2, 0.25) is 0 Å². The number of methoxy groups -OCH3 is 2. The maximum atomic E-state index is 13.6. The van der Waals surface area contributed by atoms with E-state index in [9.17, 15) is 9.18 Å². The molecule has 1 rings (SSSR count). The maximum absolute atomic E-state index is 13.6. The lowest BCUT2D eigenvalue weighted by atomic mass is 10.1. The monoisotopic (exact) mass is 226 g/mol. The van der Waals surface area contributed by atoms with Gasteiger partial charge in [0.2, 0.25) is 5.82 Å². The van der Waals surface area contributed by atoms with Crippen LogP contribution in [0.15, 0.2) is 18.2 Å². The zero-order valence-electron chi connectivity index (χ0n) is 8.86. The Hall–Kier alpha value is -2.04. The highest BCUT2D eigenvalue weighted by Crippen LogP contribution is 2.30. The summed E-state index contributed by atoms with van der Waals surface area (Å²) in [7, 11) is 2.64. The van der Waals surface area contributed by atoms with Gasteiger partial charge >= 0.3 is 5.97 Å². The third-order valence-corrected chi connectivity index (χ3v) is 1.92. The fourth-order valence-corrected chi connectivity index (χ4v) is 1.21. The van der Waals surface area contributed by atoms with Crippen LogP contribution in [0.4, 0.5) is 4.39 Å². The average Bonchev–Trinajstić information content (AvgIpc) is 2.26. The number of carboxylic acid groups (broad SMARTS) is 1. The van der Waals surface area contributed by atoms with Crippen LogP contribution in [0.3, 0.4) is 0 Å². The maximum Gasteiger partial charge on any atom is 0.328 e. The number of carboxylic acids is 1. The van der Waals surface area contributed by atoms with Crippen LogP contribution in [0.25, 0.3) is 6.08 Å². The Bertz CT molecular complexity index is 426. The van der Waals surface area contributed by atoms with Crippen molar-refractivity contribution in [3.8, 4) is 11.5 Å². The zero-order valence-corrected chi connectivity index (χ0v) is 8.86. The molecule has 0 unspecified atom stereocenters. The summed E-state index contributed by atoms with van der Waals surface area (Å²) in [5.74, 6) is -1.77. The van der Waals surface area contributed by atoms with E-state index >= 15 is 0 Å². The van der Waals surface area contributed by atoms with Gasteiger partial charge in [-0.1, -0.05) is 0 Å². The molecule has 0 spiro atoms. The van der Waals surface area contributed by atoms with Gasteiger partial charge in [-0.2, -0.15) is 4.39 Å². The van der Waals surface area contributed by atoms with Crippen LogP contribution < -0.4 is 9.47 Å². The normalized spacial score (nSPS) is 10.4. The van der Waals surface area contributed by atoms with Crippen molar-refractivity contribution in [2.75, 3.05) is 14.2 Å². The molecule has 86 valence electrons. The van der Waals surface area contributed by atoms with E-state index in [-0.39, 0.29) is 11.5 Å². The van der Waals surface area contributed by atoms with Crippen molar-refractivity contribution in [2.45, 2.75) is 0 Å². The molecule has 0 aliphatic rings. The summed E-state index contributed by atoms with van der Waals surface area (Å²) >= 11 is 0. The van der Waals surface area contributed by atoms with Gasteiger partial charge in [-0.15, -0.1) is 0 Å². The Morgan fingerprint density at radius 2 is 2.06 bits per heavy atom. The quantitative estimate of drug-likeness (QED) is 0.797. The van der Waals surface area contributed by atoms with E-state index in [4.69, 9.17) is 14.6 Å². The molecule has 0 heterocycles. The van der Waals surface area contributed by atoms with Crippen LogP contribution in [-0.2, 0) is 4.79 Å². The number of ether oxygens (including phenoxy) is 2. The first-order chi connectivity index (χ1) is 7.60. The Balaban J connectivity index is 3.20. The predicted octanol–water partition coefficient (Wildman–Crippen LogP) is 1.94. The SMILES string of the molecule is COc1ccc(/C=C/C(=O)O)c(OC)c1F. The van der Waals surface area contributed by atoms with Crippen molar-refractivity contribution in [3.63, 3.8) is 0 Å². The number of hydrogen-bond donors (Lipinski definition) is 1. The van der Waals surface area contributed by atoms with Crippen molar-refractivity contribution in [3.05, 3.63) is 29.6 Å². The molecule has 0 radical (unpaired) electrons. The van der Waals surface area contributed by atoms with Gasteiger partial charge in [-0.3, -0.25) is 0 Å². The highest BCUT2D eigenvalue weighted by molar-refractivity contribution is 5.86. The van der Waals surface area contributed by atoms with Crippen molar-refractivity contribution in [1.82, 2.24) is 0 Å². The van der Waals surface area contributed by atoms with E-state index in [1.165, 1.54) is 32.4 Å². The third kappa shape index (κ3) is 2.50. The van der Waals surface area contributed by atoms with Crippen LogP contribution in [0, 0.1) is 5.82 Å². The first-order valence-electron chi connectivity index (χ1n) is 4.41. The summed E-state index contributed by atoms with van der Waals surface area (Å²) in [6, 6.07) is 2.92.